The van der Waals surface area contributed by atoms with Gasteiger partial charge in [0.1, 0.15) is 5.82 Å². The van der Waals surface area contributed by atoms with Crippen molar-refractivity contribution in [2.24, 2.45) is 17.8 Å². The minimum absolute atomic E-state index is 0.395. The average Bonchev–Trinajstić information content (AvgIpc) is 3.53. The van der Waals surface area contributed by atoms with Crippen molar-refractivity contribution in [1.82, 2.24) is 14.1 Å². The second-order valence-corrected chi connectivity index (χ2v) is 13.5. The number of pyridine rings is 1. The molecular weight excluding hydrogens is 510 g/mol. The third-order valence-corrected chi connectivity index (χ3v) is 11.1. The molecule has 0 spiro atoms. The molecule has 7 aromatic rings. The van der Waals surface area contributed by atoms with Gasteiger partial charge in [0.05, 0.1) is 27.8 Å². The Morgan fingerprint density at radius 2 is 1.05 bits per heavy atom. The first-order valence-electron chi connectivity index (χ1n) is 15.7. The van der Waals surface area contributed by atoms with Crippen molar-refractivity contribution < 1.29 is 0 Å². The van der Waals surface area contributed by atoms with E-state index in [0.717, 1.165) is 29.3 Å². The van der Waals surface area contributed by atoms with Gasteiger partial charge in [-0.1, -0.05) is 60.7 Å². The van der Waals surface area contributed by atoms with E-state index in [1.165, 1.54) is 82.1 Å². The Morgan fingerprint density at radius 1 is 0.524 bits per heavy atom. The number of hydrogen-bond donors (Lipinski definition) is 0. The SMILES string of the molecule is c1ccc2c(c1)c1cc(C34CC5CC(CC(C5)C3)C4)ccc1n2-c1ccnc(-n2c3ccccc3c3ccccc32)c1. The van der Waals surface area contributed by atoms with Crippen molar-refractivity contribution >= 4 is 43.6 Å². The van der Waals surface area contributed by atoms with Crippen LogP contribution in [0, 0.1) is 17.8 Å². The van der Waals surface area contributed by atoms with Gasteiger partial charge >= 0.3 is 0 Å². The van der Waals surface area contributed by atoms with Crippen LogP contribution in [-0.2, 0) is 5.41 Å². The van der Waals surface area contributed by atoms with Crippen molar-refractivity contribution in [3.05, 3.63) is 115 Å². The van der Waals surface area contributed by atoms with Crippen LogP contribution in [0.25, 0.3) is 55.1 Å². The summed E-state index contributed by atoms with van der Waals surface area (Å²) in [7, 11) is 0. The molecule has 0 unspecified atom stereocenters. The second kappa shape index (κ2) is 8.35. The quantitative estimate of drug-likeness (QED) is 0.217. The normalized spacial score (nSPS) is 24.9. The Bertz CT molecular complexity index is 2110. The van der Waals surface area contributed by atoms with Crippen molar-refractivity contribution in [2.75, 3.05) is 0 Å². The highest BCUT2D eigenvalue weighted by atomic mass is 15.1. The maximum Gasteiger partial charge on any atom is 0.139 e. The van der Waals surface area contributed by atoms with Crippen LogP contribution in [0.15, 0.2) is 109 Å². The van der Waals surface area contributed by atoms with Crippen LogP contribution in [0.3, 0.4) is 0 Å². The van der Waals surface area contributed by atoms with E-state index in [-0.39, 0.29) is 0 Å². The van der Waals surface area contributed by atoms with E-state index in [9.17, 15) is 0 Å². The predicted octanol–water partition coefficient (Wildman–Crippen LogP) is 9.74. The van der Waals surface area contributed by atoms with Crippen LogP contribution in [-0.4, -0.2) is 14.1 Å². The number of benzene rings is 4. The molecule has 0 amide bonds. The molecule has 11 rings (SSSR count). The van der Waals surface area contributed by atoms with Gasteiger partial charge in [0.15, 0.2) is 0 Å². The minimum atomic E-state index is 0.395. The smallest absolute Gasteiger partial charge is 0.139 e. The summed E-state index contributed by atoms with van der Waals surface area (Å²) >= 11 is 0. The zero-order valence-corrected chi connectivity index (χ0v) is 23.7. The van der Waals surface area contributed by atoms with Crippen LogP contribution >= 0.6 is 0 Å². The lowest BCUT2D eigenvalue weighted by molar-refractivity contribution is -0.00512. The van der Waals surface area contributed by atoms with E-state index in [1.807, 2.05) is 6.20 Å². The van der Waals surface area contributed by atoms with Crippen molar-refractivity contribution in [2.45, 2.75) is 43.9 Å². The Kier molecular flexibility index (Phi) is 4.62. The Hall–Kier alpha value is -4.37. The molecule has 0 atom stereocenters. The maximum atomic E-state index is 4.92. The number of aromatic nitrogens is 3. The molecule has 0 aliphatic heterocycles. The van der Waals surface area contributed by atoms with Gasteiger partial charge in [-0.25, -0.2) is 4.98 Å². The van der Waals surface area contributed by atoms with E-state index in [2.05, 4.69) is 112 Å². The summed E-state index contributed by atoms with van der Waals surface area (Å²) in [5.74, 6) is 3.79. The average molecular weight is 544 g/mol. The van der Waals surface area contributed by atoms with Gasteiger partial charge in [0, 0.05) is 33.8 Å². The maximum absolute atomic E-state index is 4.92. The molecule has 0 N–H and O–H groups in total. The molecule has 42 heavy (non-hydrogen) atoms. The van der Waals surface area contributed by atoms with Crippen LogP contribution in [0.1, 0.15) is 44.1 Å². The molecule has 4 bridgehead atoms. The first-order valence-corrected chi connectivity index (χ1v) is 15.7. The van der Waals surface area contributed by atoms with Crippen LogP contribution in [0.5, 0.6) is 0 Å². The molecule has 4 fully saturated rings. The topological polar surface area (TPSA) is 22.8 Å². The minimum Gasteiger partial charge on any atom is -0.309 e. The number of hydrogen-bond acceptors (Lipinski definition) is 1. The largest absolute Gasteiger partial charge is 0.309 e. The van der Waals surface area contributed by atoms with Gasteiger partial charge < -0.3 is 4.57 Å². The predicted molar refractivity (Wildman–Crippen MR) is 173 cm³/mol. The number of rotatable bonds is 3. The standard InChI is InChI=1S/C39H33N3/c1-5-11-35-30(7-1)31-8-2-6-12-36(31)42(35)38-21-29(15-16-40-38)41-34-10-4-3-9-32(34)33-20-28(13-14-37(33)41)39-22-25-17-26(23-39)19-27(18-25)24-39/h1-16,20-21,25-27H,17-19,22-24H2. The molecule has 4 aliphatic rings. The van der Waals surface area contributed by atoms with Crippen molar-refractivity contribution in [3.8, 4) is 11.5 Å². The lowest BCUT2D eigenvalue weighted by atomic mass is 9.48. The van der Waals surface area contributed by atoms with Gasteiger partial charge in [0.2, 0.25) is 0 Å². The molecule has 4 aromatic carbocycles. The molecule has 4 aliphatic carbocycles. The molecular formula is C39H33N3. The number of nitrogens with zero attached hydrogens (tertiary/aromatic N) is 3. The van der Waals surface area contributed by atoms with Gasteiger partial charge in [-0.3, -0.25) is 4.57 Å². The zero-order chi connectivity index (χ0) is 27.4. The van der Waals surface area contributed by atoms with Crippen LogP contribution in [0.4, 0.5) is 0 Å². The van der Waals surface area contributed by atoms with E-state index >= 15 is 0 Å². The van der Waals surface area contributed by atoms with E-state index in [1.54, 1.807) is 5.56 Å². The van der Waals surface area contributed by atoms with Crippen LogP contribution < -0.4 is 0 Å². The first-order chi connectivity index (χ1) is 20.7. The highest BCUT2D eigenvalue weighted by molar-refractivity contribution is 6.10. The second-order valence-electron chi connectivity index (χ2n) is 13.5. The van der Waals surface area contributed by atoms with Crippen LogP contribution in [0.2, 0.25) is 0 Å². The van der Waals surface area contributed by atoms with Gasteiger partial charge in [-0.15, -0.1) is 0 Å². The summed E-state index contributed by atoms with van der Waals surface area (Å²) in [5.41, 5.74) is 8.05. The Labute approximate surface area is 245 Å². The highest BCUT2D eigenvalue weighted by Crippen LogP contribution is 2.61. The number of para-hydroxylation sites is 3. The summed E-state index contributed by atoms with van der Waals surface area (Å²) < 4.78 is 4.76. The fourth-order valence-corrected chi connectivity index (χ4v) is 9.88. The lowest BCUT2D eigenvalue weighted by Gasteiger charge is -2.57. The summed E-state index contributed by atoms with van der Waals surface area (Å²) in [6.45, 7) is 0. The molecule has 0 radical (unpaired) electrons. The van der Waals surface area contributed by atoms with Gasteiger partial charge in [-0.05, 0) is 104 Å². The molecule has 3 nitrogen and oxygen atoms in total. The van der Waals surface area contributed by atoms with Crippen molar-refractivity contribution in [1.29, 1.82) is 0 Å². The molecule has 3 heteroatoms. The summed E-state index contributed by atoms with van der Waals surface area (Å²) in [5, 5.41) is 5.24. The first kappa shape index (κ1) is 23.2. The molecule has 4 saturated carbocycles. The van der Waals surface area contributed by atoms with Gasteiger partial charge in [-0.2, -0.15) is 0 Å². The third kappa shape index (κ3) is 3.14. The Morgan fingerprint density at radius 3 is 1.67 bits per heavy atom. The van der Waals surface area contributed by atoms with Crippen molar-refractivity contribution in [3.63, 3.8) is 0 Å². The van der Waals surface area contributed by atoms with Gasteiger partial charge in [0.25, 0.3) is 0 Å². The lowest BCUT2D eigenvalue weighted by Crippen LogP contribution is -2.48. The molecule has 204 valence electrons. The van der Waals surface area contributed by atoms with E-state index in [4.69, 9.17) is 4.98 Å². The summed E-state index contributed by atoms with van der Waals surface area (Å²) in [6.07, 6.45) is 10.6. The monoisotopic (exact) mass is 543 g/mol. The molecule has 0 saturated heterocycles. The summed E-state index contributed by atoms with van der Waals surface area (Å²) in [4.78, 5) is 4.92. The van der Waals surface area contributed by atoms with E-state index in [0.29, 0.717) is 5.41 Å². The van der Waals surface area contributed by atoms with E-state index < -0.39 is 0 Å². The molecule has 3 aromatic heterocycles. The third-order valence-electron chi connectivity index (χ3n) is 11.1. The number of fused-ring (bicyclic) bond motifs is 6. The molecule has 3 heterocycles. The zero-order valence-electron chi connectivity index (χ0n) is 23.7. The fourth-order valence-electron chi connectivity index (χ4n) is 9.88. The summed E-state index contributed by atoms with van der Waals surface area (Å²) in [6, 6.07) is 38.2. The Balaban J connectivity index is 1.17. The fraction of sp³-hybridized carbons (Fsp3) is 0.256. The highest BCUT2D eigenvalue weighted by Gasteiger charge is 2.51.